The predicted octanol–water partition coefficient (Wildman–Crippen LogP) is 3.12. The van der Waals surface area contributed by atoms with Crippen molar-refractivity contribution in [2.24, 2.45) is 0 Å². The molecule has 0 aliphatic carbocycles. The number of sulfonamides is 1. The number of piperazine rings is 1. The highest BCUT2D eigenvalue weighted by Crippen LogP contribution is 2.29. The molecule has 0 unspecified atom stereocenters. The zero-order valence-electron chi connectivity index (χ0n) is 16.2. The molecule has 1 fully saturated rings. The van der Waals surface area contributed by atoms with Gasteiger partial charge in [-0.2, -0.15) is 22.7 Å². The minimum absolute atomic E-state index is 0.0463. The summed E-state index contributed by atoms with van der Waals surface area (Å²) in [5, 5.41) is 9.15. The van der Waals surface area contributed by atoms with Crippen LogP contribution in [0.2, 0.25) is 0 Å². The molecule has 10 heteroatoms. The fraction of sp³-hybridized carbons (Fsp3) is 0.238. The molecule has 0 atom stereocenters. The number of carbonyl (C=O) groups is 1. The van der Waals surface area contributed by atoms with Crippen LogP contribution < -0.4 is 0 Å². The molecular formula is C21H18F3N3O3S. The van der Waals surface area contributed by atoms with Gasteiger partial charge in [-0.15, -0.1) is 0 Å². The molecule has 0 N–H and O–H groups in total. The van der Waals surface area contributed by atoms with Gasteiger partial charge < -0.3 is 4.90 Å². The predicted molar refractivity (Wildman–Crippen MR) is 107 cm³/mol. The van der Waals surface area contributed by atoms with Gasteiger partial charge in [-0.3, -0.25) is 4.79 Å². The zero-order valence-corrected chi connectivity index (χ0v) is 17.0. The Hall–Kier alpha value is -3.16. The van der Waals surface area contributed by atoms with Gasteiger partial charge in [-0.05, 0) is 35.9 Å². The molecule has 0 aromatic heterocycles. The Morgan fingerprint density at radius 1 is 1.03 bits per heavy atom. The SMILES string of the molecule is N#Cc1ccccc1S(=O)(=O)N1CCN(C(=O)/C=C/c2cccc(C(F)(F)F)c2)CC1. The van der Waals surface area contributed by atoms with Crippen molar-refractivity contribution >= 4 is 22.0 Å². The average molecular weight is 449 g/mol. The molecule has 3 rings (SSSR count). The van der Waals surface area contributed by atoms with Crippen molar-refractivity contribution in [1.82, 2.24) is 9.21 Å². The van der Waals surface area contributed by atoms with Gasteiger partial charge in [-0.1, -0.05) is 24.3 Å². The van der Waals surface area contributed by atoms with E-state index in [0.29, 0.717) is 0 Å². The topological polar surface area (TPSA) is 81.5 Å². The molecule has 0 spiro atoms. The van der Waals surface area contributed by atoms with Crippen LogP contribution in [0.4, 0.5) is 13.2 Å². The lowest BCUT2D eigenvalue weighted by molar-refractivity contribution is -0.137. The molecule has 0 bridgehead atoms. The van der Waals surface area contributed by atoms with Crippen molar-refractivity contribution < 1.29 is 26.4 Å². The molecule has 2 aromatic rings. The van der Waals surface area contributed by atoms with Crippen LogP contribution in [0.5, 0.6) is 0 Å². The number of alkyl halides is 3. The first kappa shape index (κ1) is 22.5. The minimum Gasteiger partial charge on any atom is -0.337 e. The first-order valence-electron chi connectivity index (χ1n) is 9.26. The van der Waals surface area contributed by atoms with Gasteiger partial charge >= 0.3 is 6.18 Å². The maximum atomic E-state index is 12.8. The molecule has 1 amide bonds. The summed E-state index contributed by atoms with van der Waals surface area (Å²) in [6.45, 7) is 0.343. The summed E-state index contributed by atoms with van der Waals surface area (Å²) in [4.78, 5) is 13.7. The second kappa shape index (κ2) is 8.91. The summed E-state index contributed by atoms with van der Waals surface area (Å²) < 4.78 is 65.2. The third-order valence-corrected chi connectivity index (χ3v) is 6.76. The number of nitrogens with zero attached hydrogens (tertiary/aromatic N) is 3. The van der Waals surface area contributed by atoms with Gasteiger partial charge in [0, 0.05) is 32.3 Å². The van der Waals surface area contributed by atoms with Crippen LogP contribution in [0.3, 0.4) is 0 Å². The monoisotopic (exact) mass is 449 g/mol. The van der Waals surface area contributed by atoms with E-state index >= 15 is 0 Å². The van der Waals surface area contributed by atoms with Crippen LogP contribution in [0.1, 0.15) is 16.7 Å². The maximum Gasteiger partial charge on any atom is 0.416 e. The molecule has 2 aromatic carbocycles. The van der Waals surface area contributed by atoms with Crippen molar-refractivity contribution in [2.75, 3.05) is 26.2 Å². The van der Waals surface area contributed by atoms with Crippen LogP contribution in [0.25, 0.3) is 6.08 Å². The summed E-state index contributed by atoms with van der Waals surface area (Å²) in [6.07, 6.45) is -2.01. The fourth-order valence-electron chi connectivity index (χ4n) is 3.16. The molecule has 1 heterocycles. The Kier molecular flexibility index (Phi) is 6.48. The standard InChI is InChI=1S/C21H18F3N3O3S/c22-21(23,24)18-6-3-4-16(14-18)8-9-20(28)26-10-12-27(13-11-26)31(29,30)19-7-2-1-5-17(19)15-25/h1-9,14H,10-13H2/b9-8+. The number of hydrogen-bond donors (Lipinski definition) is 0. The number of nitriles is 1. The smallest absolute Gasteiger partial charge is 0.337 e. The van der Waals surface area contributed by atoms with E-state index in [-0.39, 0.29) is 42.2 Å². The lowest BCUT2D eigenvalue weighted by atomic mass is 10.1. The molecule has 0 radical (unpaired) electrons. The Morgan fingerprint density at radius 2 is 1.71 bits per heavy atom. The summed E-state index contributed by atoms with van der Waals surface area (Å²) in [5.41, 5.74) is -0.527. The van der Waals surface area contributed by atoms with Gasteiger partial charge in [0.2, 0.25) is 15.9 Å². The Morgan fingerprint density at radius 3 is 2.35 bits per heavy atom. The zero-order chi connectivity index (χ0) is 22.6. The van der Waals surface area contributed by atoms with Crippen LogP contribution >= 0.6 is 0 Å². The number of benzene rings is 2. The van der Waals surface area contributed by atoms with E-state index in [1.807, 2.05) is 6.07 Å². The Labute approximate surface area is 177 Å². The Bertz CT molecular complexity index is 1150. The number of halogens is 3. The van der Waals surface area contributed by atoms with Crippen molar-refractivity contribution in [1.29, 1.82) is 5.26 Å². The molecular weight excluding hydrogens is 431 g/mol. The lowest BCUT2D eigenvalue weighted by Gasteiger charge is -2.33. The quantitative estimate of drug-likeness (QED) is 0.672. The van der Waals surface area contributed by atoms with Crippen molar-refractivity contribution in [2.45, 2.75) is 11.1 Å². The van der Waals surface area contributed by atoms with E-state index in [9.17, 15) is 26.4 Å². The first-order chi connectivity index (χ1) is 14.6. The fourth-order valence-corrected chi connectivity index (χ4v) is 4.73. The van der Waals surface area contributed by atoms with E-state index in [0.717, 1.165) is 12.1 Å². The molecule has 1 aliphatic rings. The van der Waals surface area contributed by atoms with E-state index < -0.39 is 27.7 Å². The van der Waals surface area contributed by atoms with E-state index in [4.69, 9.17) is 5.26 Å². The summed E-state index contributed by atoms with van der Waals surface area (Å²) >= 11 is 0. The normalized spacial score (nSPS) is 15.7. The van der Waals surface area contributed by atoms with Gasteiger partial charge in [0.05, 0.1) is 16.0 Å². The van der Waals surface area contributed by atoms with Gasteiger partial charge in [0.25, 0.3) is 0 Å². The second-order valence-corrected chi connectivity index (χ2v) is 8.70. The van der Waals surface area contributed by atoms with Crippen LogP contribution in [0, 0.1) is 11.3 Å². The maximum absolute atomic E-state index is 12.8. The van der Waals surface area contributed by atoms with Crippen LogP contribution in [-0.4, -0.2) is 49.7 Å². The highest BCUT2D eigenvalue weighted by Gasteiger charge is 2.31. The average Bonchev–Trinajstić information content (AvgIpc) is 2.77. The van der Waals surface area contributed by atoms with E-state index in [1.165, 1.54) is 51.7 Å². The summed E-state index contributed by atoms with van der Waals surface area (Å²) in [7, 11) is -3.88. The van der Waals surface area contributed by atoms with E-state index in [2.05, 4.69) is 0 Å². The number of carbonyl (C=O) groups excluding carboxylic acids is 1. The molecule has 6 nitrogen and oxygen atoms in total. The Balaban J connectivity index is 1.65. The van der Waals surface area contributed by atoms with Gasteiger partial charge in [-0.25, -0.2) is 8.42 Å². The number of hydrogen-bond acceptors (Lipinski definition) is 4. The van der Waals surface area contributed by atoms with Gasteiger partial charge in [0.15, 0.2) is 0 Å². The van der Waals surface area contributed by atoms with Crippen molar-refractivity contribution in [3.63, 3.8) is 0 Å². The summed E-state index contributed by atoms with van der Waals surface area (Å²) in [6, 6.07) is 12.4. The molecule has 0 saturated carbocycles. The van der Waals surface area contributed by atoms with Crippen LogP contribution in [-0.2, 0) is 21.0 Å². The highest BCUT2D eigenvalue weighted by atomic mass is 32.2. The lowest BCUT2D eigenvalue weighted by Crippen LogP contribution is -2.50. The number of amides is 1. The second-order valence-electron chi connectivity index (χ2n) is 6.79. The largest absolute Gasteiger partial charge is 0.416 e. The first-order valence-corrected chi connectivity index (χ1v) is 10.7. The third-order valence-electron chi connectivity index (χ3n) is 4.81. The van der Waals surface area contributed by atoms with Crippen LogP contribution in [0.15, 0.2) is 59.5 Å². The number of rotatable bonds is 4. The highest BCUT2D eigenvalue weighted by molar-refractivity contribution is 7.89. The molecule has 31 heavy (non-hydrogen) atoms. The van der Waals surface area contributed by atoms with E-state index in [1.54, 1.807) is 6.07 Å². The molecule has 162 valence electrons. The van der Waals surface area contributed by atoms with Crippen molar-refractivity contribution in [3.8, 4) is 6.07 Å². The van der Waals surface area contributed by atoms with Gasteiger partial charge in [0.1, 0.15) is 6.07 Å². The summed E-state index contributed by atoms with van der Waals surface area (Å²) in [5.74, 6) is -0.424. The molecule has 1 aliphatic heterocycles. The minimum atomic E-state index is -4.47. The van der Waals surface area contributed by atoms with Crippen molar-refractivity contribution in [3.05, 3.63) is 71.3 Å². The molecule has 1 saturated heterocycles. The third kappa shape index (κ3) is 5.13.